The summed E-state index contributed by atoms with van der Waals surface area (Å²) in [4.78, 5) is 18.3. The number of nitrogens with one attached hydrogen (secondary N) is 1. The Hall–Kier alpha value is -1.14. The average Bonchev–Trinajstić information content (AvgIpc) is 3.09. The van der Waals surface area contributed by atoms with Gasteiger partial charge in [-0.3, -0.25) is 0 Å². The van der Waals surface area contributed by atoms with Gasteiger partial charge < -0.3 is 15.3 Å². The molecule has 1 aromatic heterocycles. The van der Waals surface area contributed by atoms with Crippen LogP contribution in [0.2, 0.25) is 0 Å². The third kappa shape index (κ3) is 3.74. The molecule has 2 aliphatic rings. The van der Waals surface area contributed by atoms with Crippen molar-refractivity contribution in [3.63, 3.8) is 0 Å². The van der Waals surface area contributed by atoms with Gasteiger partial charge in [0, 0.05) is 30.8 Å². The molecule has 0 radical (unpaired) electrons. The van der Waals surface area contributed by atoms with Crippen LogP contribution in [0.1, 0.15) is 48.7 Å². The van der Waals surface area contributed by atoms with Crippen LogP contribution >= 0.6 is 11.3 Å². The number of aromatic nitrogens is 1. The average molecular weight is 309 g/mol. The fourth-order valence-electron chi connectivity index (χ4n) is 2.92. The van der Waals surface area contributed by atoms with Crippen LogP contribution in [0.3, 0.4) is 0 Å². The maximum atomic E-state index is 12.1. The van der Waals surface area contributed by atoms with Crippen LogP contribution in [0.15, 0.2) is 5.38 Å². The summed E-state index contributed by atoms with van der Waals surface area (Å²) in [5.41, 5.74) is 1.19. The Balaban J connectivity index is 1.44. The summed E-state index contributed by atoms with van der Waals surface area (Å²) in [5.74, 6) is 0.888. The maximum Gasteiger partial charge on any atom is 0.317 e. The Kier molecular flexibility index (Phi) is 4.45. The molecular weight excluding hydrogens is 286 g/mol. The Morgan fingerprint density at radius 1 is 1.48 bits per heavy atom. The lowest BCUT2D eigenvalue weighted by molar-refractivity contribution is 0.114. The normalized spacial score (nSPS) is 25.0. The van der Waals surface area contributed by atoms with Crippen molar-refractivity contribution < 1.29 is 9.90 Å². The zero-order valence-electron chi connectivity index (χ0n) is 12.4. The summed E-state index contributed by atoms with van der Waals surface area (Å²) < 4.78 is 0. The number of aliphatic hydroxyl groups excluding tert-OH is 1. The Bertz CT molecular complexity index is 501. The third-order valence-electron chi connectivity index (χ3n) is 4.43. The van der Waals surface area contributed by atoms with E-state index in [2.05, 4.69) is 15.7 Å². The van der Waals surface area contributed by atoms with Crippen molar-refractivity contribution in [1.29, 1.82) is 0 Å². The summed E-state index contributed by atoms with van der Waals surface area (Å²) in [7, 11) is 1.79. The van der Waals surface area contributed by atoms with E-state index in [1.54, 1.807) is 23.3 Å². The van der Waals surface area contributed by atoms with E-state index in [1.807, 2.05) is 0 Å². The first kappa shape index (κ1) is 14.8. The fraction of sp³-hybridized carbons (Fsp3) is 0.733. The van der Waals surface area contributed by atoms with E-state index in [0.29, 0.717) is 19.0 Å². The van der Waals surface area contributed by atoms with E-state index in [0.717, 1.165) is 24.3 Å². The molecule has 0 spiro atoms. The minimum absolute atomic E-state index is 0.0859. The molecule has 2 amide bonds. The molecule has 0 aromatic carbocycles. The van der Waals surface area contributed by atoms with Crippen LogP contribution in [0.25, 0.3) is 0 Å². The molecule has 0 bridgehead atoms. The first-order valence-electron chi connectivity index (χ1n) is 7.75. The number of thiazole rings is 1. The van der Waals surface area contributed by atoms with Gasteiger partial charge >= 0.3 is 6.03 Å². The van der Waals surface area contributed by atoms with E-state index < -0.39 is 0 Å². The molecule has 1 heterocycles. The van der Waals surface area contributed by atoms with Gasteiger partial charge in [-0.25, -0.2) is 9.78 Å². The third-order valence-corrected chi connectivity index (χ3v) is 5.30. The summed E-state index contributed by atoms with van der Waals surface area (Å²) in [6.07, 6.45) is 5.19. The van der Waals surface area contributed by atoms with Gasteiger partial charge in [-0.05, 0) is 25.7 Å². The largest absolute Gasteiger partial charge is 0.393 e. The smallest absolute Gasteiger partial charge is 0.317 e. The highest BCUT2D eigenvalue weighted by atomic mass is 32.1. The molecule has 1 aromatic rings. The first-order valence-corrected chi connectivity index (χ1v) is 8.63. The van der Waals surface area contributed by atoms with E-state index in [9.17, 15) is 9.90 Å². The second-order valence-electron chi connectivity index (χ2n) is 6.24. The molecule has 116 valence electrons. The van der Waals surface area contributed by atoms with E-state index in [-0.39, 0.29) is 18.1 Å². The van der Waals surface area contributed by atoms with Crippen LogP contribution in [0.5, 0.6) is 0 Å². The number of amides is 2. The van der Waals surface area contributed by atoms with Crippen LogP contribution in [-0.2, 0) is 6.54 Å². The summed E-state index contributed by atoms with van der Waals surface area (Å²) in [5, 5.41) is 15.8. The van der Waals surface area contributed by atoms with Crippen molar-refractivity contribution in [1.82, 2.24) is 15.2 Å². The van der Waals surface area contributed by atoms with Gasteiger partial charge in [-0.1, -0.05) is 6.42 Å². The number of aliphatic hydroxyl groups is 1. The summed E-state index contributed by atoms with van der Waals surface area (Å²) in [6, 6.07) is -0.0859. The van der Waals surface area contributed by atoms with Crippen molar-refractivity contribution in [3.8, 4) is 0 Å². The lowest BCUT2D eigenvalue weighted by Gasteiger charge is -2.23. The highest BCUT2D eigenvalue weighted by Gasteiger charge is 2.28. The molecule has 3 rings (SSSR count). The van der Waals surface area contributed by atoms with Gasteiger partial charge in [0.15, 0.2) is 0 Å². The molecule has 2 fully saturated rings. The van der Waals surface area contributed by atoms with E-state index in [4.69, 9.17) is 0 Å². The minimum atomic E-state index is -0.250. The number of hydrogen-bond acceptors (Lipinski definition) is 4. The zero-order chi connectivity index (χ0) is 14.8. The lowest BCUT2D eigenvalue weighted by Crippen LogP contribution is -2.40. The Labute approximate surface area is 129 Å². The minimum Gasteiger partial charge on any atom is -0.393 e. The van der Waals surface area contributed by atoms with Crippen LogP contribution in [0, 0.1) is 5.92 Å². The molecule has 0 saturated heterocycles. The molecule has 2 unspecified atom stereocenters. The lowest BCUT2D eigenvalue weighted by atomic mass is 10.1. The van der Waals surface area contributed by atoms with Crippen molar-refractivity contribution in [3.05, 3.63) is 16.1 Å². The molecule has 0 aliphatic heterocycles. The van der Waals surface area contributed by atoms with Gasteiger partial charge in [-0.2, -0.15) is 0 Å². The zero-order valence-corrected chi connectivity index (χ0v) is 13.2. The van der Waals surface area contributed by atoms with Gasteiger partial charge in [0.05, 0.1) is 18.3 Å². The predicted octanol–water partition coefficient (Wildman–Crippen LogP) is 2.32. The highest BCUT2D eigenvalue weighted by Crippen LogP contribution is 2.40. The standard InChI is InChI=1S/C15H23N3O2S/c1-18(8-11-3-2-4-13(11)19)15(20)16-7-14-17-12(9-21-14)10-5-6-10/h9-11,13,19H,2-8H2,1H3,(H,16,20). The number of carbonyl (C=O) groups is 1. The quantitative estimate of drug-likeness (QED) is 0.877. The topological polar surface area (TPSA) is 65.5 Å². The molecule has 2 aliphatic carbocycles. The predicted molar refractivity (Wildman–Crippen MR) is 82.3 cm³/mol. The number of hydrogen-bond donors (Lipinski definition) is 2. The second kappa shape index (κ2) is 6.32. The molecule has 6 heteroatoms. The van der Waals surface area contributed by atoms with Crippen LogP contribution < -0.4 is 5.32 Å². The van der Waals surface area contributed by atoms with Gasteiger partial charge in [0.1, 0.15) is 5.01 Å². The molecule has 2 saturated carbocycles. The Morgan fingerprint density at radius 2 is 2.29 bits per heavy atom. The molecule has 2 N–H and O–H groups in total. The number of nitrogens with zero attached hydrogens (tertiary/aromatic N) is 2. The molecule has 5 nitrogen and oxygen atoms in total. The van der Waals surface area contributed by atoms with Gasteiger partial charge in [0.25, 0.3) is 0 Å². The maximum absolute atomic E-state index is 12.1. The first-order chi connectivity index (χ1) is 10.1. The van der Waals surface area contributed by atoms with Gasteiger partial charge in [0.2, 0.25) is 0 Å². The number of rotatable bonds is 5. The van der Waals surface area contributed by atoms with Crippen molar-refractivity contribution >= 4 is 17.4 Å². The monoisotopic (exact) mass is 309 g/mol. The number of urea groups is 1. The summed E-state index contributed by atoms with van der Waals surface area (Å²) in [6.45, 7) is 1.12. The molecule has 2 atom stereocenters. The van der Waals surface area contributed by atoms with E-state index >= 15 is 0 Å². The fourth-order valence-corrected chi connectivity index (χ4v) is 3.74. The highest BCUT2D eigenvalue weighted by molar-refractivity contribution is 7.09. The van der Waals surface area contributed by atoms with Crippen LogP contribution in [0.4, 0.5) is 4.79 Å². The Morgan fingerprint density at radius 3 is 2.95 bits per heavy atom. The van der Waals surface area contributed by atoms with Crippen LogP contribution in [-0.4, -0.2) is 40.7 Å². The van der Waals surface area contributed by atoms with E-state index in [1.165, 1.54) is 18.5 Å². The summed E-state index contributed by atoms with van der Waals surface area (Å²) >= 11 is 1.62. The van der Waals surface area contributed by atoms with Gasteiger partial charge in [-0.15, -0.1) is 11.3 Å². The molecule has 21 heavy (non-hydrogen) atoms. The molecular formula is C15H23N3O2S. The van der Waals surface area contributed by atoms with Crippen molar-refractivity contribution in [2.45, 2.75) is 50.7 Å². The second-order valence-corrected chi connectivity index (χ2v) is 7.18. The van der Waals surface area contributed by atoms with Crippen molar-refractivity contribution in [2.24, 2.45) is 5.92 Å². The number of carbonyl (C=O) groups excluding carboxylic acids is 1. The SMILES string of the molecule is CN(CC1CCCC1O)C(=O)NCc1nc(C2CC2)cs1. The van der Waals surface area contributed by atoms with Crippen molar-refractivity contribution in [2.75, 3.05) is 13.6 Å².